The first-order valence-corrected chi connectivity index (χ1v) is 6.77. The molecule has 2 rings (SSSR count). The zero-order valence-corrected chi connectivity index (χ0v) is 12.4. The van der Waals surface area contributed by atoms with Gasteiger partial charge in [-0.3, -0.25) is 4.68 Å². The molecule has 0 radical (unpaired) electrons. The van der Waals surface area contributed by atoms with Crippen LogP contribution in [0.5, 0.6) is 0 Å². The van der Waals surface area contributed by atoms with Crippen molar-refractivity contribution in [3.05, 3.63) is 22.8 Å². The molecule has 2 atom stereocenters. The van der Waals surface area contributed by atoms with Gasteiger partial charge in [0.25, 0.3) is 0 Å². The molecule has 2 heterocycles. The number of likely N-dealkylation sites (tertiary alicyclic amines) is 1. The highest BCUT2D eigenvalue weighted by molar-refractivity contribution is 5.69. The van der Waals surface area contributed by atoms with Crippen molar-refractivity contribution >= 4 is 6.09 Å². The number of hydrogen-bond acceptors (Lipinski definition) is 5. The predicted octanol–water partition coefficient (Wildman–Crippen LogP) is 1.97. The molecular formula is C12H19N7O2. The zero-order chi connectivity index (χ0) is 15.5. The average Bonchev–Trinajstić information content (AvgIpc) is 2.98. The second-order valence-electron chi connectivity index (χ2n) is 6.01. The van der Waals surface area contributed by atoms with E-state index < -0.39 is 11.7 Å². The third-order valence-electron chi connectivity index (χ3n) is 3.11. The van der Waals surface area contributed by atoms with Gasteiger partial charge in [0, 0.05) is 17.7 Å². The molecule has 21 heavy (non-hydrogen) atoms. The Labute approximate surface area is 122 Å². The number of nitrogens with zero attached hydrogens (tertiary/aromatic N) is 7. The first-order valence-electron chi connectivity index (χ1n) is 6.77. The van der Waals surface area contributed by atoms with Crippen molar-refractivity contribution in [2.75, 3.05) is 6.54 Å². The first-order chi connectivity index (χ1) is 9.89. The van der Waals surface area contributed by atoms with Crippen LogP contribution in [0.2, 0.25) is 0 Å². The quantitative estimate of drug-likeness (QED) is 0.482. The minimum absolute atomic E-state index is 0.128. The van der Waals surface area contributed by atoms with Gasteiger partial charge in [-0.05, 0) is 32.7 Å². The Morgan fingerprint density at radius 3 is 2.90 bits per heavy atom. The van der Waals surface area contributed by atoms with Gasteiger partial charge >= 0.3 is 6.09 Å². The monoisotopic (exact) mass is 293 g/mol. The van der Waals surface area contributed by atoms with E-state index in [-0.39, 0.29) is 12.1 Å². The van der Waals surface area contributed by atoms with E-state index in [1.54, 1.807) is 22.0 Å². The van der Waals surface area contributed by atoms with Crippen molar-refractivity contribution in [1.82, 2.24) is 19.9 Å². The number of ether oxygens (including phenoxy) is 1. The van der Waals surface area contributed by atoms with Gasteiger partial charge in [0.1, 0.15) is 5.60 Å². The number of amides is 1. The molecule has 1 fully saturated rings. The largest absolute Gasteiger partial charge is 0.444 e. The molecule has 114 valence electrons. The molecule has 0 saturated carbocycles. The summed E-state index contributed by atoms with van der Waals surface area (Å²) in [5, 5.41) is 11.4. The van der Waals surface area contributed by atoms with E-state index in [0.29, 0.717) is 19.5 Å². The van der Waals surface area contributed by atoms with E-state index in [1.807, 2.05) is 20.8 Å². The maximum absolute atomic E-state index is 12.3. The lowest BCUT2D eigenvalue weighted by molar-refractivity contribution is 0.0209. The molecule has 1 aromatic rings. The summed E-state index contributed by atoms with van der Waals surface area (Å²) in [7, 11) is 0. The van der Waals surface area contributed by atoms with Crippen LogP contribution in [0.1, 0.15) is 27.2 Å². The standard InChI is InChI=1S/C12H19N7O2/c1-12(2,3)21-11(20)19-7-9(15-16-13)6-10(19)8-18-5-4-14-17-18/h4-5,9-10H,6-8H2,1-3H3. The summed E-state index contributed by atoms with van der Waals surface area (Å²) in [6.45, 7) is 6.31. The SMILES string of the molecule is CC(C)(C)OC(=O)N1CC(N=[N+]=[N-])CC1Cn1ccnn1. The van der Waals surface area contributed by atoms with Crippen molar-refractivity contribution < 1.29 is 9.53 Å². The Balaban J connectivity index is 2.10. The lowest BCUT2D eigenvalue weighted by Gasteiger charge is -2.28. The highest BCUT2D eigenvalue weighted by atomic mass is 16.6. The predicted molar refractivity (Wildman–Crippen MR) is 74.3 cm³/mol. The van der Waals surface area contributed by atoms with Crippen molar-refractivity contribution in [2.45, 2.75) is 51.4 Å². The highest BCUT2D eigenvalue weighted by Crippen LogP contribution is 2.24. The van der Waals surface area contributed by atoms with Gasteiger partial charge in [-0.1, -0.05) is 10.3 Å². The molecule has 1 aliphatic rings. The van der Waals surface area contributed by atoms with Crippen LogP contribution in [-0.2, 0) is 11.3 Å². The molecule has 9 heteroatoms. The Morgan fingerprint density at radius 1 is 1.57 bits per heavy atom. The summed E-state index contributed by atoms with van der Waals surface area (Å²) in [6.07, 6.45) is 3.50. The fraction of sp³-hybridized carbons (Fsp3) is 0.750. The van der Waals surface area contributed by atoms with Gasteiger partial charge in [0.2, 0.25) is 0 Å². The summed E-state index contributed by atoms with van der Waals surface area (Å²) in [6, 6.07) is -0.368. The summed E-state index contributed by atoms with van der Waals surface area (Å²) in [5.74, 6) is 0. The maximum Gasteiger partial charge on any atom is 0.410 e. The van der Waals surface area contributed by atoms with E-state index >= 15 is 0 Å². The third-order valence-corrected chi connectivity index (χ3v) is 3.11. The summed E-state index contributed by atoms with van der Waals surface area (Å²) < 4.78 is 7.06. The Morgan fingerprint density at radius 2 is 2.33 bits per heavy atom. The van der Waals surface area contributed by atoms with E-state index in [4.69, 9.17) is 10.3 Å². The van der Waals surface area contributed by atoms with Crippen LogP contribution in [0.15, 0.2) is 17.5 Å². The van der Waals surface area contributed by atoms with Crippen LogP contribution in [0, 0.1) is 0 Å². The van der Waals surface area contributed by atoms with Gasteiger partial charge in [0.15, 0.2) is 0 Å². The molecule has 0 spiro atoms. The van der Waals surface area contributed by atoms with E-state index in [0.717, 1.165) is 0 Å². The number of azide groups is 1. The summed E-state index contributed by atoms with van der Waals surface area (Å²) in [5.41, 5.74) is 8.01. The summed E-state index contributed by atoms with van der Waals surface area (Å²) in [4.78, 5) is 16.7. The van der Waals surface area contributed by atoms with Crippen molar-refractivity contribution in [2.24, 2.45) is 5.11 Å². The van der Waals surface area contributed by atoms with Crippen LogP contribution in [0.4, 0.5) is 4.79 Å². The van der Waals surface area contributed by atoms with E-state index in [1.165, 1.54) is 0 Å². The second-order valence-corrected chi connectivity index (χ2v) is 6.01. The molecule has 1 amide bonds. The number of carbonyl (C=O) groups is 1. The lowest BCUT2D eigenvalue weighted by atomic mass is 10.2. The van der Waals surface area contributed by atoms with Crippen LogP contribution < -0.4 is 0 Å². The van der Waals surface area contributed by atoms with Crippen molar-refractivity contribution in [1.29, 1.82) is 0 Å². The van der Waals surface area contributed by atoms with Crippen LogP contribution in [0.3, 0.4) is 0 Å². The van der Waals surface area contributed by atoms with E-state index in [9.17, 15) is 4.79 Å². The Kier molecular flexibility index (Phi) is 4.32. The minimum Gasteiger partial charge on any atom is -0.444 e. The molecule has 9 nitrogen and oxygen atoms in total. The fourth-order valence-electron chi connectivity index (χ4n) is 2.31. The van der Waals surface area contributed by atoms with Gasteiger partial charge in [-0.25, -0.2) is 4.79 Å². The van der Waals surface area contributed by atoms with Crippen LogP contribution >= 0.6 is 0 Å². The Hall–Kier alpha value is -2.28. The molecule has 2 unspecified atom stereocenters. The van der Waals surface area contributed by atoms with Gasteiger partial charge < -0.3 is 9.64 Å². The molecule has 0 aromatic carbocycles. The van der Waals surface area contributed by atoms with Crippen LogP contribution in [0.25, 0.3) is 10.4 Å². The van der Waals surface area contributed by atoms with Gasteiger partial charge in [-0.2, -0.15) is 0 Å². The molecule has 0 N–H and O–H groups in total. The number of hydrogen-bond donors (Lipinski definition) is 0. The average molecular weight is 293 g/mol. The fourth-order valence-corrected chi connectivity index (χ4v) is 2.31. The van der Waals surface area contributed by atoms with Crippen molar-refractivity contribution in [3.8, 4) is 0 Å². The third kappa shape index (κ3) is 4.09. The van der Waals surface area contributed by atoms with Gasteiger partial charge in [-0.15, -0.1) is 5.10 Å². The number of carbonyl (C=O) groups excluding carboxylic acids is 1. The topological polar surface area (TPSA) is 109 Å². The zero-order valence-electron chi connectivity index (χ0n) is 12.4. The molecule has 0 aliphatic carbocycles. The molecule has 1 saturated heterocycles. The number of rotatable bonds is 3. The minimum atomic E-state index is -0.564. The molecule has 0 bridgehead atoms. The second kappa shape index (κ2) is 6.01. The Bertz CT molecular complexity index is 530. The van der Waals surface area contributed by atoms with Gasteiger partial charge in [0.05, 0.1) is 24.8 Å². The first kappa shape index (κ1) is 15.1. The molecule has 1 aliphatic heterocycles. The molecular weight excluding hydrogens is 274 g/mol. The smallest absolute Gasteiger partial charge is 0.410 e. The maximum atomic E-state index is 12.3. The van der Waals surface area contributed by atoms with Crippen molar-refractivity contribution in [3.63, 3.8) is 0 Å². The highest BCUT2D eigenvalue weighted by Gasteiger charge is 2.37. The lowest BCUT2D eigenvalue weighted by Crippen LogP contribution is -2.41. The summed E-state index contributed by atoms with van der Waals surface area (Å²) >= 11 is 0. The normalized spacial score (nSPS) is 22.0. The molecule has 1 aromatic heterocycles. The van der Waals surface area contributed by atoms with Crippen LogP contribution in [-0.4, -0.2) is 50.2 Å². The number of aromatic nitrogens is 3. The van der Waals surface area contributed by atoms with E-state index in [2.05, 4.69) is 20.3 Å².